The summed E-state index contributed by atoms with van der Waals surface area (Å²) in [5.41, 5.74) is 0.550. The number of piperidine rings is 1. The van der Waals surface area contributed by atoms with Crippen LogP contribution in [0.15, 0.2) is 54.6 Å². The predicted octanol–water partition coefficient (Wildman–Crippen LogP) is 3.19. The summed E-state index contributed by atoms with van der Waals surface area (Å²) in [5.74, 6) is 1.40. The molecule has 0 aliphatic carbocycles. The number of likely N-dealkylation sites (tertiary alicyclic amines) is 1. The quantitative estimate of drug-likeness (QED) is 0.799. The first kappa shape index (κ1) is 19.5. The van der Waals surface area contributed by atoms with Gasteiger partial charge in [-0.1, -0.05) is 30.3 Å². The van der Waals surface area contributed by atoms with Crippen molar-refractivity contribution < 1.29 is 19.1 Å². The van der Waals surface area contributed by atoms with Crippen molar-refractivity contribution in [2.24, 2.45) is 5.92 Å². The topological polar surface area (TPSA) is 59.1 Å². The highest BCUT2D eigenvalue weighted by Gasteiger charge is 2.31. The minimum absolute atomic E-state index is 0.00652. The van der Waals surface area contributed by atoms with Gasteiger partial charge < -0.3 is 19.3 Å². The standard InChI is InChI=1S/C23H26N2O4/c26-22(25-14-16-28-17-15-25)18-10-12-24(13-11-18)23(27)20-8-4-5-9-21(20)29-19-6-2-1-3-7-19/h1-9,18H,10-17H2. The summed E-state index contributed by atoms with van der Waals surface area (Å²) in [6, 6.07) is 16.8. The van der Waals surface area contributed by atoms with E-state index in [1.54, 1.807) is 6.07 Å². The molecule has 4 rings (SSSR count). The number of morpholine rings is 1. The van der Waals surface area contributed by atoms with Gasteiger partial charge >= 0.3 is 0 Å². The number of hydrogen-bond donors (Lipinski definition) is 0. The van der Waals surface area contributed by atoms with Crippen molar-refractivity contribution in [3.8, 4) is 11.5 Å². The smallest absolute Gasteiger partial charge is 0.257 e. The van der Waals surface area contributed by atoms with Gasteiger partial charge in [0.05, 0.1) is 18.8 Å². The Morgan fingerprint density at radius 3 is 2.21 bits per heavy atom. The lowest BCUT2D eigenvalue weighted by Crippen LogP contribution is -2.47. The number of rotatable bonds is 4. The first-order valence-electron chi connectivity index (χ1n) is 10.2. The van der Waals surface area contributed by atoms with E-state index in [0.717, 1.165) is 0 Å². The molecule has 152 valence electrons. The van der Waals surface area contributed by atoms with E-state index in [1.807, 2.05) is 58.3 Å². The fourth-order valence-corrected chi connectivity index (χ4v) is 3.89. The molecule has 2 aromatic carbocycles. The zero-order valence-electron chi connectivity index (χ0n) is 16.5. The Hall–Kier alpha value is -2.86. The molecule has 2 heterocycles. The zero-order chi connectivity index (χ0) is 20.1. The van der Waals surface area contributed by atoms with Gasteiger partial charge in [0.1, 0.15) is 11.5 Å². The Morgan fingerprint density at radius 2 is 1.48 bits per heavy atom. The minimum atomic E-state index is -0.0474. The number of ether oxygens (including phenoxy) is 2. The van der Waals surface area contributed by atoms with Crippen LogP contribution in [0.4, 0.5) is 0 Å². The van der Waals surface area contributed by atoms with Crippen molar-refractivity contribution in [1.82, 2.24) is 9.80 Å². The van der Waals surface area contributed by atoms with Gasteiger partial charge in [-0.05, 0) is 37.1 Å². The van der Waals surface area contributed by atoms with Crippen LogP contribution in [0.25, 0.3) is 0 Å². The third-order valence-electron chi connectivity index (χ3n) is 5.54. The van der Waals surface area contributed by atoms with E-state index in [1.165, 1.54) is 0 Å². The number of benzene rings is 2. The molecule has 2 amide bonds. The van der Waals surface area contributed by atoms with Gasteiger partial charge in [0.2, 0.25) is 5.91 Å². The van der Waals surface area contributed by atoms with E-state index in [4.69, 9.17) is 9.47 Å². The fourth-order valence-electron chi connectivity index (χ4n) is 3.89. The first-order chi connectivity index (χ1) is 14.2. The summed E-state index contributed by atoms with van der Waals surface area (Å²) in [4.78, 5) is 29.6. The normalized spacial score (nSPS) is 17.8. The van der Waals surface area contributed by atoms with E-state index in [-0.39, 0.29) is 17.7 Å². The summed E-state index contributed by atoms with van der Waals surface area (Å²) in [6.07, 6.45) is 1.40. The SMILES string of the molecule is O=C(c1ccccc1Oc1ccccc1)N1CCC(C(=O)N2CCOCC2)CC1. The summed E-state index contributed by atoms with van der Waals surface area (Å²) in [6.45, 7) is 3.73. The maximum absolute atomic E-state index is 13.1. The molecule has 0 N–H and O–H groups in total. The van der Waals surface area contributed by atoms with Crippen LogP contribution in [-0.2, 0) is 9.53 Å². The second-order valence-electron chi connectivity index (χ2n) is 7.42. The summed E-state index contributed by atoms with van der Waals surface area (Å²) < 4.78 is 11.3. The molecule has 6 nitrogen and oxygen atoms in total. The molecule has 0 spiro atoms. The van der Waals surface area contributed by atoms with Crippen molar-refractivity contribution in [2.75, 3.05) is 39.4 Å². The highest BCUT2D eigenvalue weighted by molar-refractivity contribution is 5.97. The molecule has 0 saturated carbocycles. The van der Waals surface area contributed by atoms with Gasteiger partial charge in [-0.25, -0.2) is 0 Å². The maximum Gasteiger partial charge on any atom is 0.257 e. The van der Waals surface area contributed by atoms with Crippen molar-refractivity contribution in [2.45, 2.75) is 12.8 Å². The number of para-hydroxylation sites is 2. The van der Waals surface area contributed by atoms with Crippen molar-refractivity contribution >= 4 is 11.8 Å². The third-order valence-corrected chi connectivity index (χ3v) is 5.54. The van der Waals surface area contributed by atoms with Crippen molar-refractivity contribution in [3.05, 3.63) is 60.2 Å². The Kier molecular flexibility index (Phi) is 6.10. The lowest BCUT2D eigenvalue weighted by atomic mass is 9.94. The lowest BCUT2D eigenvalue weighted by Gasteiger charge is -2.35. The molecule has 2 aromatic rings. The molecule has 0 unspecified atom stereocenters. The molecule has 0 radical (unpaired) electrons. The van der Waals surface area contributed by atoms with Gasteiger partial charge in [-0.15, -0.1) is 0 Å². The third kappa shape index (κ3) is 4.59. The zero-order valence-corrected chi connectivity index (χ0v) is 16.5. The molecule has 2 aliphatic heterocycles. The van der Waals surface area contributed by atoms with Gasteiger partial charge in [-0.2, -0.15) is 0 Å². The second kappa shape index (κ2) is 9.09. The fraction of sp³-hybridized carbons (Fsp3) is 0.391. The molecular formula is C23H26N2O4. The average Bonchev–Trinajstić information content (AvgIpc) is 2.80. The molecule has 0 atom stereocenters. The van der Waals surface area contributed by atoms with E-state index in [2.05, 4.69) is 0 Å². The predicted molar refractivity (Wildman–Crippen MR) is 109 cm³/mol. The first-order valence-corrected chi connectivity index (χ1v) is 10.2. The maximum atomic E-state index is 13.1. The van der Waals surface area contributed by atoms with E-state index < -0.39 is 0 Å². The second-order valence-corrected chi connectivity index (χ2v) is 7.42. The van der Waals surface area contributed by atoms with E-state index >= 15 is 0 Å². The monoisotopic (exact) mass is 394 g/mol. The Labute approximate surface area is 171 Å². The summed E-state index contributed by atoms with van der Waals surface area (Å²) in [5, 5.41) is 0. The van der Waals surface area contributed by atoms with E-state index in [9.17, 15) is 9.59 Å². The minimum Gasteiger partial charge on any atom is -0.457 e. The van der Waals surface area contributed by atoms with Crippen LogP contribution in [0.5, 0.6) is 11.5 Å². The lowest BCUT2D eigenvalue weighted by molar-refractivity contribution is -0.141. The van der Waals surface area contributed by atoms with Gasteiger partial charge in [-0.3, -0.25) is 9.59 Å². The van der Waals surface area contributed by atoms with Gasteiger partial charge in [0.15, 0.2) is 0 Å². The molecule has 6 heteroatoms. The van der Waals surface area contributed by atoms with Gasteiger partial charge in [0.25, 0.3) is 5.91 Å². The number of amides is 2. The van der Waals surface area contributed by atoms with Crippen LogP contribution in [0.2, 0.25) is 0 Å². The van der Waals surface area contributed by atoms with Crippen LogP contribution in [0, 0.1) is 5.92 Å². The molecule has 2 fully saturated rings. The molecule has 29 heavy (non-hydrogen) atoms. The van der Waals surface area contributed by atoms with Crippen LogP contribution < -0.4 is 4.74 Å². The van der Waals surface area contributed by atoms with Crippen LogP contribution in [0.3, 0.4) is 0 Å². The molecule has 0 aromatic heterocycles. The molecule has 0 bridgehead atoms. The molecule has 2 aliphatic rings. The number of hydrogen-bond acceptors (Lipinski definition) is 4. The average molecular weight is 394 g/mol. The van der Waals surface area contributed by atoms with Crippen LogP contribution in [-0.4, -0.2) is 61.0 Å². The summed E-state index contributed by atoms with van der Waals surface area (Å²) in [7, 11) is 0. The number of nitrogens with zero attached hydrogens (tertiary/aromatic N) is 2. The van der Waals surface area contributed by atoms with Crippen LogP contribution >= 0.6 is 0 Å². The number of carbonyl (C=O) groups excluding carboxylic acids is 2. The molecule has 2 saturated heterocycles. The van der Waals surface area contributed by atoms with E-state index in [0.29, 0.717) is 69.3 Å². The van der Waals surface area contributed by atoms with Crippen molar-refractivity contribution in [1.29, 1.82) is 0 Å². The summed E-state index contributed by atoms with van der Waals surface area (Å²) >= 11 is 0. The van der Waals surface area contributed by atoms with Crippen LogP contribution in [0.1, 0.15) is 23.2 Å². The highest BCUT2D eigenvalue weighted by Crippen LogP contribution is 2.28. The Balaban J connectivity index is 1.39. The van der Waals surface area contributed by atoms with Crippen molar-refractivity contribution in [3.63, 3.8) is 0 Å². The Morgan fingerprint density at radius 1 is 0.828 bits per heavy atom. The van der Waals surface area contributed by atoms with Gasteiger partial charge in [0, 0.05) is 32.1 Å². The molecular weight excluding hydrogens is 368 g/mol. The highest BCUT2D eigenvalue weighted by atomic mass is 16.5. The Bertz CT molecular complexity index is 841. The number of carbonyl (C=O) groups is 2. The largest absolute Gasteiger partial charge is 0.457 e.